The van der Waals surface area contributed by atoms with Crippen LogP contribution in [0.2, 0.25) is 5.02 Å². The number of anilines is 2. The maximum Gasteiger partial charge on any atom is 0.230 e. The summed E-state index contributed by atoms with van der Waals surface area (Å²) >= 11 is 6.34. The lowest BCUT2D eigenvalue weighted by molar-refractivity contribution is -0.126. The molecule has 39 heavy (non-hydrogen) atoms. The van der Waals surface area contributed by atoms with Gasteiger partial charge < -0.3 is 33.9 Å². The molecule has 2 amide bonds. The van der Waals surface area contributed by atoms with Crippen molar-refractivity contribution in [2.75, 3.05) is 45.8 Å². The molecule has 206 valence electrons. The summed E-state index contributed by atoms with van der Waals surface area (Å²) < 4.78 is 27.0. The normalized spacial score (nSPS) is 16.9. The Kier molecular flexibility index (Phi) is 8.71. The third-order valence-electron chi connectivity index (χ3n) is 6.77. The Morgan fingerprint density at radius 3 is 2.10 bits per heavy atom. The van der Waals surface area contributed by atoms with Crippen molar-refractivity contribution < 1.29 is 33.3 Å². The van der Waals surface area contributed by atoms with Crippen LogP contribution in [0, 0.1) is 5.92 Å². The molecule has 2 atom stereocenters. The lowest BCUT2D eigenvalue weighted by Crippen LogP contribution is -2.47. The summed E-state index contributed by atoms with van der Waals surface area (Å²) in [5, 5.41) is 3.28. The number of nitrogens with zero attached hydrogens (tertiary/aromatic N) is 1. The SMILES string of the molecule is COc1ccc(N2C(=O)CC[C@H](C(=O)Nc3cc(Cl)c(OC)cc3OC)[C@@H]2c2ccc(OC)c(OC)c2)cc1. The number of benzene rings is 3. The Morgan fingerprint density at radius 2 is 1.49 bits per heavy atom. The number of hydrogen-bond acceptors (Lipinski definition) is 7. The second-order valence-corrected chi connectivity index (χ2v) is 9.25. The van der Waals surface area contributed by atoms with Gasteiger partial charge in [0.25, 0.3) is 0 Å². The molecule has 1 saturated heterocycles. The van der Waals surface area contributed by atoms with Crippen LogP contribution in [0.15, 0.2) is 54.6 Å². The van der Waals surface area contributed by atoms with E-state index in [-0.39, 0.29) is 18.2 Å². The molecule has 3 aromatic carbocycles. The third kappa shape index (κ3) is 5.68. The van der Waals surface area contributed by atoms with Crippen molar-refractivity contribution in [2.45, 2.75) is 18.9 Å². The maximum atomic E-state index is 13.9. The number of methoxy groups -OCH3 is 5. The van der Waals surface area contributed by atoms with Crippen molar-refractivity contribution in [1.82, 2.24) is 0 Å². The molecule has 1 fully saturated rings. The first-order valence-electron chi connectivity index (χ1n) is 12.3. The first-order valence-corrected chi connectivity index (χ1v) is 12.6. The van der Waals surface area contributed by atoms with E-state index < -0.39 is 12.0 Å². The summed E-state index contributed by atoms with van der Waals surface area (Å²) in [7, 11) is 7.66. The monoisotopic (exact) mass is 554 g/mol. The molecule has 9 nitrogen and oxygen atoms in total. The van der Waals surface area contributed by atoms with Crippen molar-refractivity contribution in [2.24, 2.45) is 5.92 Å². The van der Waals surface area contributed by atoms with Crippen LogP contribution in [0.25, 0.3) is 0 Å². The van der Waals surface area contributed by atoms with E-state index in [1.54, 1.807) is 74.8 Å². The third-order valence-corrected chi connectivity index (χ3v) is 7.06. The molecule has 1 aliphatic rings. The van der Waals surface area contributed by atoms with Gasteiger partial charge in [0.2, 0.25) is 11.8 Å². The second kappa shape index (κ2) is 12.2. The van der Waals surface area contributed by atoms with Gasteiger partial charge in [-0.15, -0.1) is 0 Å². The fraction of sp³-hybridized carbons (Fsp3) is 0.310. The molecule has 0 radical (unpaired) electrons. The van der Waals surface area contributed by atoms with Crippen molar-refractivity contribution >= 4 is 34.8 Å². The van der Waals surface area contributed by atoms with Crippen LogP contribution < -0.4 is 33.9 Å². The van der Waals surface area contributed by atoms with E-state index in [0.717, 1.165) is 5.56 Å². The van der Waals surface area contributed by atoms with E-state index >= 15 is 0 Å². The summed E-state index contributed by atoms with van der Waals surface area (Å²) in [4.78, 5) is 29.0. The first kappa shape index (κ1) is 27.9. The molecule has 1 N–H and O–H groups in total. The summed E-state index contributed by atoms with van der Waals surface area (Å²) in [6.07, 6.45) is 0.525. The molecule has 3 aromatic rings. The number of nitrogens with one attached hydrogen (secondary N) is 1. The molecule has 10 heteroatoms. The summed E-state index contributed by atoms with van der Waals surface area (Å²) in [6.45, 7) is 0. The highest BCUT2D eigenvalue weighted by Crippen LogP contribution is 2.44. The number of amides is 2. The average molecular weight is 555 g/mol. The van der Waals surface area contributed by atoms with E-state index in [0.29, 0.717) is 51.6 Å². The van der Waals surface area contributed by atoms with Gasteiger partial charge in [-0.1, -0.05) is 17.7 Å². The van der Waals surface area contributed by atoms with E-state index in [4.69, 9.17) is 35.3 Å². The molecule has 1 aliphatic heterocycles. The lowest BCUT2D eigenvalue weighted by atomic mass is 9.83. The highest BCUT2D eigenvalue weighted by molar-refractivity contribution is 6.32. The topological polar surface area (TPSA) is 95.6 Å². The van der Waals surface area contributed by atoms with Gasteiger partial charge in [0, 0.05) is 18.2 Å². The minimum absolute atomic E-state index is 0.103. The zero-order valence-corrected chi connectivity index (χ0v) is 23.2. The minimum atomic E-state index is -0.640. The van der Waals surface area contributed by atoms with Gasteiger partial charge in [0.1, 0.15) is 17.2 Å². The Morgan fingerprint density at radius 1 is 0.821 bits per heavy atom. The Balaban J connectivity index is 1.79. The molecule has 0 aromatic heterocycles. The van der Waals surface area contributed by atoms with Crippen LogP contribution >= 0.6 is 11.6 Å². The van der Waals surface area contributed by atoms with E-state index in [9.17, 15) is 9.59 Å². The summed E-state index contributed by atoms with van der Waals surface area (Å²) in [5.74, 6) is 1.49. The Hall–Kier alpha value is -4.11. The van der Waals surface area contributed by atoms with Crippen molar-refractivity contribution in [1.29, 1.82) is 0 Å². The molecule has 4 rings (SSSR count). The first-order chi connectivity index (χ1) is 18.8. The van der Waals surface area contributed by atoms with Gasteiger partial charge in [-0.05, 0) is 54.4 Å². The zero-order chi connectivity index (χ0) is 28.1. The molecule has 0 unspecified atom stereocenters. The number of rotatable bonds is 9. The predicted molar refractivity (Wildman–Crippen MR) is 149 cm³/mol. The number of halogens is 1. The quantitative estimate of drug-likeness (QED) is 0.373. The standard InChI is InChI=1S/C29H31ClN2O7/c1-35-19-9-7-18(8-10-19)32-27(33)13-11-20(28(32)17-6-12-23(36-2)26(14-17)39-5)29(34)31-22-15-21(30)24(37-3)16-25(22)38-4/h6-10,12,14-16,20,28H,11,13H2,1-5H3,(H,31,34)/t20-,28-/m0/s1. The van der Waals surface area contributed by atoms with Crippen LogP contribution in [-0.4, -0.2) is 47.4 Å². The van der Waals surface area contributed by atoms with Crippen molar-refractivity contribution in [3.63, 3.8) is 0 Å². The second-order valence-electron chi connectivity index (χ2n) is 8.84. The zero-order valence-electron chi connectivity index (χ0n) is 22.4. The Bertz CT molecular complexity index is 1350. The summed E-state index contributed by atoms with van der Waals surface area (Å²) in [5.41, 5.74) is 1.76. The van der Waals surface area contributed by atoms with Crippen LogP contribution in [-0.2, 0) is 9.59 Å². The molecule has 0 saturated carbocycles. The lowest BCUT2D eigenvalue weighted by Gasteiger charge is -2.41. The Labute approximate surface area is 232 Å². The summed E-state index contributed by atoms with van der Waals surface area (Å²) in [6, 6.07) is 15.1. The number of piperidine rings is 1. The molecule has 0 spiro atoms. The highest BCUT2D eigenvalue weighted by atomic mass is 35.5. The van der Waals surface area contributed by atoms with Gasteiger partial charge in [-0.2, -0.15) is 0 Å². The largest absolute Gasteiger partial charge is 0.497 e. The van der Waals surface area contributed by atoms with Gasteiger partial charge in [0.05, 0.1) is 58.2 Å². The highest BCUT2D eigenvalue weighted by Gasteiger charge is 2.42. The molecule has 1 heterocycles. The van der Waals surface area contributed by atoms with Crippen molar-refractivity contribution in [3.05, 3.63) is 65.2 Å². The number of carbonyl (C=O) groups is 2. The van der Waals surface area contributed by atoms with Crippen molar-refractivity contribution in [3.8, 4) is 28.7 Å². The molecular formula is C29H31ClN2O7. The van der Waals surface area contributed by atoms with Crippen LogP contribution in [0.5, 0.6) is 28.7 Å². The van der Waals surface area contributed by atoms with Crippen LogP contribution in [0.4, 0.5) is 11.4 Å². The number of carbonyl (C=O) groups excluding carboxylic acids is 2. The van der Waals surface area contributed by atoms with Crippen LogP contribution in [0.3, 0.4) is 0 Å². The predicted octanol–water partition coefficient (Wildman–Crippen LogP) is 5.51. The van der Waals surface area contributed by atoms with Gasteiger partial charge in [0.15, 0.2) is 11.5 Å². The van der Waals surface area contributed by atoms with E-state index in [1.807, 2.05) is 6.07 Å². The molecule has 0 bridgehead atoms. The average Bonchev–Trinajstić information content (AvgIpc) is 2.96. The fourth-order valence-corrected chi connectivity index (χ4v) is 5.06. The molecular weight excluding hydrogens is 524 g/mol. The van der Waals surface area contributed by atoms with Crippen LogP contribution in [0.1, 0.15) is 24.4 Å². The van der Waals surface area contributed by atoms with E-state index in [1.165, 1.54) is 14.2 Å². The van der Waals surface area contributed by atoms with Gasteiger partial charge in [-0.25, -0.2) is 0 Å². The number of ether oxygens (including phenoxy) is 5. The van der Waals surface area contributed by atoms with E-state index in [2.05, 4.69) is 5.32 Å². The number of hydrogen-bond donors (Lipinski definition) is 1. The van der Waals surface area contributed by atoms with Gasteiger partial charge >= 0.3 is 0 Å². The molecule has 0 aliphatic carbocycles. The minimum Gasteiger partial charge on any atom is -0.497 e. The maximum absolute atomic E-state index is 13.9. The smallest absolute Gasteiger partial charge is 0.230 e. The van der Waals surface area contributed by atoms with Gasteiger partial charge in [-0.3, -0.25) is 9.59 Å². The fourth-order valence-electron chi connectivity index (χ4n) is 4.82.